The lowest BCUT2D eigenvalue weighted by Crippen LogP contribution is -2.47. The maximum Gasteiger partial charge on any atom is 0.254 e. The van der Waals surface area contributed by atoms with E-state index >= 15 is 0 Å². The maximum atomic E-state index is 12.6. The molecule has 1 aliphatic rings. The Balaban J connectivity index is 2.11. The zero-order valence-corrected chi connectivity index (χ0v) is 12.2. The van der Waals surface area contributed by atoms with E-state index in [-0.39, 0.29) is 11.9 Å². The first-order chi connectivity index (χ1) is 9.76. The number of carbonyl (C=O) groups is 1. The average molecular weight is 276 g/mol. The molecule has 0 saturated carbocycles. The van der Waals surface area contributed by atoms with Crippen LogP contribution in [-0.4, -0.2) is 36.5 Å². The molecule has 2 rings (SSSR count). The first-order valence-electron chi connectivity index (χ1n) is 7.50. The third-order valence-corrected chi connectivity index (χ3v) is 3.71. The lowest BCUT2D eigenvalue weighted by Gasteiger charge is -2.35. The second-order valence-electron chi connectivity index (χ2n) is 5.26. The Hall–Kier alpha value is -1.55. The number of ether oxygens (including phenoxy) is 1. The molecule has 1 saturated heterocycles. The van der Waals surface area contributed by atoms with E-state index in [0.29, 0.717) is 18.7 Å². The van der Waals surface area contributed by atoms with Gasteiger partial charge in [-0.1, -0.05) is 13.0 Å². The van der Waals surface area contributed by atoms with Crippen molar-refractivity contribution in [2.45, 2.75) is 38.6 Å². The van der Waals surface area contributed by atoms with E-state index < -0.39 is 0 Å². The van der Waals surface area contributed by atoms with Crippen molar-refractivity contribution in [3.8, 4) is 5.75 Å². The van der Waals surface area contributed by atoms with Crippen molar-refractivity contribution >= 4 is 5.91 Å². The van der Waals surface area contributed by atoms with E-state index in [4.69, 9.17) is 10.5 Å². The molecule has 1 aliphatic heterocycles. The van der Waals surface area contributed by atoms with E-state index in [9.17, 15) is 4.79 Å². The summed E-state index contributed by atoms with van der Waals surface area (Å²) in [5.41, 5.74) is 6.48. The van der Waals surface area contributed by atoms with Gasteiger partial charge in [-0.3, -0.25) is 4.79 Å². The van der Waals surface area contributed by atoms with Crippen molar-refractivity contribution in [3.05, 3.63) is 29.8 Å². The highest BCUT2D eigenvalue weighted by atomic mass is 16.5. The largest absolute Gasteiger partial charge is 0.494 e. The van der Waals surface area contributed by atoms with Gasteiger partial charge in [-0.2, -0.15) is 0 Å². The quantitative estimate of drug-likeness (QED) is 0.898. The SMILES string of the molecule is CCCOc1cccc(C(=O)N2CCCCC2CN)c1. The van der Waals surface area contributed by atoms with Crippen molar-refractivity contribution in [1.82, 2.24) is 4.90 Å². The van der Waals surface area contributed by atoms with Gasteiger partial charge in [0.05, 0.1) is 6.61 Å². The average Bonchev–Trinajstić information content (AvgIpc) is 2.52. The Morgan fingerprint density at radius 3 is 3.05 bits per heavy atom. The summed E-state index contributed by atoms with van der Waals surface area (Å²) in [5.74, 6) is 0.834. The number of piperidine rings is 1. The van der Waals surface area contributed by atoms with Gasteiger partial charge in [0.2, 0.25) is 0 Å². The molecule has 4 nitrogen and oxygen atoms in total. The normalized spacial score (nSPS) is 18.9. The van der Waals surface area contributed by atoms with E-state index in [1.54, 1.807) is 0 Å². The Kier molecular flexibility index (Phi) is 5.41. The summed E-state index contributed by atoms with van der Waals surface area (Å²) in [6.07, 6.45) is 4.19. The molecule has 1 aromatic carbocycles. The molecule has 1 atom stereocenters. The minimum Gasteiger partial charge on any atom is -0.494 e. The predicted octanol–water partition coefficient (Wildman–Crippen LogP) is 2.43. The summed E-state index contributed by atoms with van der Waals surface area (Å²) in [7, 11) is 0. The van der Waals surface area contributed by atoms with Crippen molar-refractivity contribution in [1.29, 1.82) is 0 Å². The first kappa shape index (κ1) is 14.9. The van der Waals surface area contributed by atoms with Crippen LogP contribution in [0.3, 0.4) is 0 Å². The molecular formula is C16H24N2O2. The Morgan fingerprint density at radius 1 is 1.45 bits per heavy atom. The van der Waals surface area contributed by atoms with Crippen LogP contribution in [-0.2, 0) is 0 Å². The number of benzene rings is 1. The monoisotopic (exact) mass is 276 g/mol. The molecule has 1 unspecified atom stereocenters. The lowest BCUT2D eigenvalue weighted by atomic mass is 10.0. The lowest BCUT2D eigenvalue weighted by molar-refractivity contribution is 0.0623. The van der Waals surface area contributed by atoms with Gasteiger partial charge >= 0.3 is 0 Å². The summed E-state index contributed by atoms with van der Waals surface area (Å²) in [6, 6.07) is 7.63. The summed E-state index contributed by atoms with van der Waals surface area (Å²) < 4.78 is 5.59. The standard InChI is InChI=1S/C16H24N2O2/c1-2-10-20-15-8-5-6-13(11-15)16(19)18-9-4-3-7-14(18)12-17/h5-6,8,11,14H,2-4,7,9-10,12,17H2,1H3. The second kappa shape index (κ2) is 7.29. The fraction of sp³-hybridized carbons (Fsp3) is 0.562. The molecule has 2 N–H and O–H groups in total. The Labute approximate surface area is 120 Å². The van der Waals surface area contributed by atoms with Crippen LogP contribution >= 0.6 is 0 Å². The highest BCUT2D eigenvalue weighted by Crippen LogP contribution is 2.21. The third-order valence-electron chi connectivity index (χ3n) is 3.71. The van der Waals surface area contributed by atoms with Gasteiger partial charge in [0.1, 0.15) is 5.75 Å². The summed E-state index contributed by atoms with van der Waals surface area (Å²) >= 11 is 0. The molecule has 1 fully saturated rings. The number of rotatable bonds is 5. The molecular weight excluding hydrogens is 252 g/mol. The molecule has 0 aromatic heterocycles. The summed E-state index contributed by atoms with van der Waals surface area (Å²) in [5, 5.41) is 0. The van der Waals surface area contributed by atoms with Gasteiger partial charge in [-0.15, -0.1) is 0 Å². The van der Waals surface area contributed by atoms with Crippen LogP contribution in [0.25, 0.3) is 0 Å². The molecule has 0 aliphatic carbocycles. The van der Waals surface area contributed by atoms with Gasteiger partial charge in [0.25, 0.3) is 5.91 Å². The number of nitrogens with two attached hydrogens (primary N) is 1. The summed E-state index contributed by atoms with van der Waals surface area (Å²) in [6.45, 7) is 4.08. The molecule has 110 valence electrons. The van der Waals surface area contributed by atoms with Crippen molar-refractivity contribution in [2.75, 3.05) is 19.7 Å². The fourth-order valence-electron chi connectivity index (χ4n) is 2.62. The minimum atomic E-state index is 0.0714. The highest BCUT2D eigenvalue weighted by Gasteiger charge is 2.26. The summed E-state index contributed by atoms with van der Waals surface area (Å²) in [4.78, 5) is 14.5. The van der Waals surface area contributed by atoms with Gasteiger partial charge in [-0.05, 0) is 43.9 Å². The van der Waals surface area contributed by atoms with E-state index in [1.807, 2.05) is 29.2 Å². The van der Waals surface area contributed by atoms with E-state index in [1.165, 1.54) is 0 Å². The smallest absolute Gasteiger partial charge is 0.254 e. The van der Waals surface area contributed by atoms with Gasteiger partial charge < -0.3 is 15.4 Å². The third kappa shape index (κ3) is 3.51. The zero-order valence-electron chi connectivity index (χ0n) is 12.2. The number of likely N-dealkylation sites (tertiary alicyclic amines) is 1. The topological polar surface area (TPSA) is 55.6 Å². The van der Waals surface area contributed by atoms with E-state index in [2.05, 4.69) is 6.92 Å². The number of nitrogens with zero attached hydrogens (tertiary/aromatic N) is 1. The van der Waals surface area contributed by atoms with Crippen molar-refractivity contribution < 1.29 is 9.53 Å². The molecule has 0 spiro atoms. The Morgan fingerprint density at radius 2 is 2.30 bits per heavy atom. The van der Waals surface area contributed by atoms with Crippen LogP contribution in [0.1, 0.15) is 43.0 Å². The molecule has 0 radical (unpaired) electrons. The van der Waals surface area contributed by atoms with Gasteiger partial charge in [0.15, 0.2) is 0 Å². The van der Waals surface area contributed by atoms with Gasteiger partial charge in [0, 0.05) is 24.7 Å². The minimum absolute atomic E-state index is 0.0714. The molecule has 0 bridgehead atoms. The van der Waals surface area contributed by atoms with Crippen LogP contribution < -0.4 is 10.5 Å². The van der Waals surface area contributed by atoms with Crippen molar-refractivity contribution in [2.24, 2.45) is 5.73 Å². The molecule has 1 heterocycles. The highest BCUT2D eigenvalue weighted by molar-refractivity contribution is 5.94. The first-order valence-corrected chi connectivity index (χ1v) is 7.50. The van der Waals surface area contributed by atoms with E-state index in [0.717, 1.165) is 38.0 Å². The zero-order chi connectivity index (χ0) is 14.4. The molecule has 4 heteroatoms. The van der Waals surface area contributed by atoms with Gasteiger partial charge in [-0.25, -0.2) is 0 Å². The second-order valence-corrected chi connectivity index (χ2v) is 5.26. The Bertz CT molecular complexity index is 448. The number of hydrogen-bond acceptors (Lipinski definition) is 3. The molecule has 1 amide bonds. The maximum absolute atomic E-state index is 12.6. The number of hydrogen-bond donors (Lipinski definition) is 1. The molecule has 20 heavy (non-hydrogen) atoms. The van der Waals surface area contributed by atoms with Crippen LogP contribution in [0.15, 0.2) is 24.3 Å². The molecule has 1 aromatic rings. The number of amides is 1. The van der Waals surface area contributed by atoms with Crippen molar-refractivity contribution in [3.63, 3.8) is 0 Å². The van der Waals surface area contributed by atoms with Crippen LogP contribution in [0, 0.1) is 0 Å². The van der Waals surface area contributed by atoms with Crippen LogP contribution in [0.2, 0.25) is 0 Å². The fourth-order valence-corrected chi connectivity index (χ4v) is 2.62. The number of carbonyl (C=O) groups excluding carboxylic acids is 1. The van der Waals surface area contributed by atoms with Crippen LogP contribution in [0.4, 0.5) is 0 Å². The predicted molar refractivity (Wildman–Crippen MR) is 80.0 cm³/mol. The van der Waals surface area contributed by atoms with Crippen LogP contribution in [0.5, 0.6) is 5.75 Å².